The molecule has 0 radical (unpaired) electrons. The van der Waals surface area contributed by atoms with Gasteiger partial charge in [-0.2, -0.15) is 0 Å². The maximum atomic E-state index is 11.8. The fourth-order valence-electron chi connectivity index (χ4n) is 2.20. The number of carbonyl (C=O) groups excluding carboxylic acids is 2. The molecule has 0 bridgehead atoms. The highest BCUT2D eigenvalue weighted by molar-refractivity contribution is 9.11. The lowest BCUT2D eigenvalue weighted by Crippen LogP contribution is -2.43. The maximum Gasteiger partial charge on any atom is 0.276 e. The smallest absolute Gasteiger partial charge is 0.276 e. The van der Waals surface area contributed by atoms with E-state index in [1.807, 2.05) is 37.3 Å². The van der Waals surface area contributed by atoms with Gasteiger partial charge in [-0.15, -0.1) is 0 Å². The number of amides is 2. The number of aryl methyl sites for hydroxylation is 2. The van der Waals surface area contributed by atoms with Crippen molar-refractivity contribution in [3.8, 4) is 5.75 Å². The topological polar surface area (TPSA) is 67.4 Å². The van der Waals surface area contributed by atoms with Crippen molar-refractivity contribution in [2.24, 2.45) is 0 Å². The SMILES string of the molecule is Cc1cc(Br)cc(Br)c1OCC(=O)NNC(=O)CCc1ccccc1Cl. The second kappa shape index (κ2) is 9.94. The Balaban J connectivity index is 1.75. The summed E-state index contributed by atoms with van der Waals surface area (Å²) in [4.78, 5) is 23.7. The molecule has 0 aliphatic heterocycles. The van der Waals surface area contributed by atoms with E-state index in [4.69, 9.17) is 16.3 Å². The zero-order chi connectivity index (χ0) is 19.1. The number of benzene rings is 2. The minimum absolute atomic E-state index is 0.211. The van der Waals surface area contributed by atoms with E-state index in [-0.39, 0.29) is 18.9 Å². The van der Waals surface area contributed by atoms with Crippen LogP contribution < -0.4 is 15.6 Å². The summed E-state index contributed by atoms with van der Waals surface area (Å²) in [6.07, 6.45) is 0.700. The summed E-state index contributed by atoms with van der Waals surface area (Å²) in [5.41, 5.74) is 6.46. The molecule has 0 heterocycles. The predicted octanol–water partition coefficient (Wildman–Crippen LogP) is 4.33. The molecule has 138 valence electrons. The molecule has 2 rings (SSSR count). The molecule has 2 N–H and O–H groups in total. The number of halogens is 3. The van der Waals surface area contributed by atoms with E-state index in [9.17, 15) is 9.59 Å². The highest BCUT2D eigenvalue weighted by atomic mass is 79.9. The van der Waals surface area contributed by atoms with Crippen molar-refractivity contribution < 1.29 is 14.3 Å². The van der Waals surface area contributed by atoms with Crippen LogP contribution in [-0.4, -0.2) is 18.4 Å². The zero-order valence-corrected chi connectivity index (χ0v) is 17.9. The van der Waals surface area contributed by atoms with Crippen LogP contribution in [0.1, 0.15) is 17.5 Å². The summed E-state index contributed by atoms with van der Waals surface area (Å²) in [6, 6.07) is 11.0. The van der Waals surface area contributed by atoms with Crippen LogP contribution in [0.3, 0.4) is 0 Å². The Labute approximate surface area is 173 Å². The third-order valence-corrected chi connectivity index (χ3v) is 4.88. The lowest BCUT2D eigenvalue weighted by molar-refractivity contribution is -0.130. The molecule has 0 aliphatic carbocycles. The summed E-state index contributed by atoms with van der Waals surface area (Å²) >= 11 is 12.8. The Morgan fingerprint density at radius 3 is 2.50 bits per heavy atom. The third-order valence-electron chi connectivity index (χ3n) is 3.46. The summed E-state index contributed by atoms with van der Waals surface area (Å²) in [5, 5.41) is 0.619. The predicted molar refractivity (Wildman–Crippen MR) is 108 cm³/mol. The Bertz CT molecular complexity index is 792. The van der Waals surface area contributed by atoms with E-state index in [2.05, 4.69) is 42.7 Å². The number of carbonyl (C=O) groups is 2. The molecule has 0 saturated carbocycles. The molecule has 2 aromatic rings. The molecule has 0 spiro atoms. The first kappa shape index (κ1) is 20.7. The number of hydrazine groups is 1. The first-order chi connectivity index (χ1) is 12.4. The van der Waals surface area contributed by atoms with Crippen LogP contribution in [0, 0.1) is 6.92 Å². The van der Waals surface area contributed by atoms with E-state index in [1.54, 1.807) is 6.07 Å². The van der Waals surface area contributed by atoms with Crippen molar-refractivity contribution in [1.29, 1.82) is 0 Å². The van der Waals surface area contributed by atoms with Crippen LogP contribution >= 0.6 is 43.5 Å². The molecular weight excluding hydrogens is 487 g/mol. The Morgan fingerprint density at radius 1 is 1.12 bits per heavy atom. The molecule has 0 saturated heterocycles. The average molecular weight is 505 g/mol. The van der Waals surface area contributed by atoms with Gasteiger partial charge in [0.05, 0.1) is 4.47 Å². The van der Waals surface area contributed by atoms with Gasteiger partial charge in [0.15, 0.2) is 6.61 Å². The van der Waals surface area contributed by atoms with Crippen molar-refractivity contribution in [2.75, 3.05) is 6.61 Å². The fourth-order valence-corrected chi connectivity index (χ4v) is 3.98. The number of ether oxygens (including phenoxy) is 1. The van der Waals surface area contributed by atoms with Gasteiger partial charge < -0.3 is 4.74 Å². The van der Waals surface area contributed by atoms with Gasteiger partial charge >= 0.3 is 0 Å². The van der Waals surface area contributed by atoms with Crippen molar-refractivity contribution in [3.05, 3.63) is 61.5 Å². The third kappa shape index (κ3) is 6.30. The highest BCUT2D eigenvalue weighted by Gasteiger charge is 2.11. The van der Waals surface area contributed by atoms with Crippen molar-refractivity contribution >= 4 is 55.3 Å². The lowest BCUT2D eigenvalue weighted by atomic mass is 10.1. The molecule has 8 heteroatoms. The second-order valence-corrected chi connectivity index (χ2v) is 7.69. The van der Waals surface area contributed by atoms with E-state index in [0.29, 0.717) is 17.2 Å². The lowest BCUT2D eigenvalue weighted by Gasteiger charge is -2.12. The van der Waals surface area contributed by atoms with E-state index in [1.165, 1.54) is 0 Å². The van der Waals surface area contributed by atoms with Gasteiger partial charge in [-0.25, -0.2) is 0 Å². The van der Waals surface area contributed by atoms with Crippen LogP contribution in [0.25, 0.3) is 0 Å². The summed E-state index contributed by atoms with van der Waals surface area (Å²) in [5.74, 6) is -0.182. The van der Waals surface area contributed by atoms with Crippen molar-refractivity contribution in [2.45, 2.75) is 19.8 Å². The van der Waals surface area contributed by atoms with Crippen LogP contribution in [0.2, 0.25) is 5.02 Å². The summed E-state index contributed by atoms with van der Waals surface area (Å²) < 4.78 is 7.16. The highest BCUT2D eigenvalue weighted by Crippen LogP contribution is 2.32. The van der Waals surface area contributed by atoms with Gasteiger partial charge in [-0.05, 0) is 58.6 Å². The largest absolute Gasteiger partial charge is 0.482 e. The van der Waals surface area contributed by atoms with Crippen molar-refractivity contribution in [1.82, 2.24) is 10.9 Å². The minimum Gasteiger partial charge on any atom is -0.482 e. The molecule has 0 fully saturated rings. The zero-order valence-electron chi connectivity index (χ0n) is 13.9. The molecule has 0 aromatic heterocycles. The molecule has 26 heavy (non-hydrogen) atoms. The van der Waals surface area contributed by atoms with E-state index in [0.717, 1.165) is 20.1 Å². The summed E-state index contributed by atoms with van der Waals surface area (Å²) in [7, 11) is 0. The molecule has 2 amide bonds. The van der Waals surface area contributed by atoms with Gasteiger partial charge in [0.1, 0.15) is 5.75 Å². The number of nitrogens with one attached hydrogen (secondary N) is 2. The van der Waals surface area contributed by atoms with Gasteiger partial charge in [0, 0.05) is 15.9 Å². The van der Waals surface area contributed by atoms with Crippen LogP contribution in [-0.2, 0) is 16.0 Å². The molecule has 0 atom stereocenters. The Morgan fingerprint density at radius 2 is 1.81 bits per heavy atom. The molecule has 0 unspecified atom stereocenters. The van der Waals surface area contributed by atoms with Gasteiger partial charge in [-0.3, -0.25) is 20.4 Å². The molecule has 2 aromatic carbocycles. The second-order valence-electron chi connectivity index (χ2n) is 5.51. The molecular formula is C18H17Br2ClN2O3. The van der Waals surface area contributed by atoms with Crippen LogP contribution in [0.15, 0.2) is 45.3 Å². The quantitative estimate of drug-likeness (QED) is 0.576. The maximum absolute atomic E-state index is 11.8. The van der Waals surface area contributed by atoms with Gasteiger partial charge in [-0.1, -0.05) is 45.7 Å². The van der Waals surface area contributed by atoms with E-state index < -0.39 is 5.91 Å². The van der Waals surface area contributed by atoms with Gasteiger partial charge in [0.2, 0.25) is 5.91 Å². The Kier molecular flexibility index (Phi) is 7.93. The first-order valence-electron chi connectivity index (χ1n) is 7.76. The van der Waals surface area contributed by atoms with Crippen LogP contribution in [0.4, 0.5) is 0 Å². The first-order valence-corrected chi connectivity index (χ1v) is 9.72. The number of hydrogen-bond donors (Lipinski definition) is 2. The average Bonchev–Trinajstić information content (AvgIpc) is 2.58. The minimum atomic E-state index is -0.453. The number of rotatable bonds is 6. The number of hydrogen-bond acceptors (Lipinski definition) is 3. The Hall–Kier alpha value is -1.57. The molecule has 0 aliphatic rings. The van der Waals surface area contributed by atoms with Crippen molar-refractivity contribution in [3.63, 3.8) is 0 Å². The van der Waals surface area contributed by atoms with Gasteiger partial charge in [0.25, 0.3) is 5.91 Å². The standard InChI is InChI=1S/C18H17Br2ClN2O3/c1-11-8-13(19)9-14(20)18(11)26-10-17(25)23-22-16(24)7-6-12-4-2-3-5-15(12)21/h2-5,8-9H,6-7,10H2,1H3,(H,22,24)(H,23,25). The summed E-state index contributed by atoms with van der Waals surface area (Å²) in [6.45, 7) is 1.66. The monoisotopic (exact) mass is 502 g/mol. The van der Waals surface area contributed by atoms with Crippen LogP contribution in [0.5, 0.6) is 5.75 Å². The van der Waals surface area contributed by atoms with E-state index >= 15 is 0 Å². The molecule has 5 nitrogen and oxygen atoms in total. The fraction of sp³-hybridized carbons (Fsp3) is 0.222. The normalized spacial score (nSPS) is 10.3.